The number of carbonyl (C=O) groups excluding carboxylic acids is 1. The Kier molecular flexibility index (Phi) is 6.43. The van der Waals surface area contributed by atoms with E-state index in [1.807, 2.05) is 25.2 Å². The fourth-order valence-electron chi connectivity index (χ4n) is 6.45. The van der Waals surface area contributed by atoms with E-state index in [4.69, 9.17) is 4.74 Å². The lowest BCUT2D eigenvalue weighted by Gasteiger charge is -2.29. The standard InChI is InChI=1S/C32H33N5O4S/c1-36-14-6-7-21(19-36)20-41-30-27(35-42(39,40)24-8-4-3-5-9-24)16-23(17-34-30)22-10-11-26-25(15-22)29-28(18-33-26)37(2)31(38)32(29)12-13-32/h3-5,8-11,15-18,21,35H,6-7,12-14,19-20H2,1-2H3. The summed E-state index contributed by atoms with van der Waals surface area (Å²) in [6.07, 6.45) is 7.33. The van der Waals surface area contributed by atoms with Crippen LogP contribution in [0.4, 0.5) is 11.4 Å². The molecule has 1 saturated heterocycles. The van der Waals surface area contributed by atoms with Crippen LogP contribution in [-0.2, 0) is 20.2 Å². The Morgan fingerprint density at radius 2 is 1.83 bits per heavy atom. The number of hydrogen-bond acceptors (Lipinski definition) is 7. The summed E-state index contributed by atoms with van der Waals surface area (Å²) in [7, 11) is 0.0334. The Bertz CT molecular complexity index is 1810. The van der Waals surface area contributed by atoms with E-state index in [1.165, 1.54) is 0 Å². The predicted molar refractivity (Wildman–Crippen MR) is 162 cm³/mol. The van der Waals surface area contributed by atoms with Crippen LogP contribution >= 0.6 is 0 Å². The van der Waals surface area contributed by atoms with Crippen LogP contribution in [0.3, 0.4) is 0 Å². The molecule has 3 aliphatic rings. The molecule has 2 aromatic carbocycles. The highest BCUT2D eigenvalue weighted by atomic mass is 32.2. The minimum Gasteiger partial charge on any atom is -0.476 e. The molecule has 42 heavy (non-hydrogen) atoms. The topological polar surface area (TPSA) is 105 Å². The van der Waals surface area contributed by atoms with Gasteiger partial charge >= 0.3 is 0 Å². The van der Waals surface area contributed by atoms with Gasteiger partial charge in [-0.3, -0.25) is 14.5 Å². The number of rotatable bonds is 7. The van der Waals surface area contributed by atoms with E-state index in [9.17, 15) is 13.2 Å². The van der Waals surface area contributed by atoms with Crippen molar-refractivity contribution in [1.29, 1.82) is 0 Å². The smallest absolute Gasteiger partial charge is 0.262 e. The van der Waals surface area contributed by atoms with Crippen molar-refractivity contribution in [3.8, 4) is 17.0 Å². The minimum atomic E-state index is -3.88. The molecule has 4 heterocycles. The second-order valence-electron chi connectivity index (χ2n) is 11.8. The number of sulfonamides is 1. The Balaban J connectivity index is 1.27. The Morgan fingerprint density at radius 1 is 1.02 bits per heavy atom. The number of nitrogens with one attached hydrogen (secondary N) is 1. The largest absolute Gasteiger partial charge is 0.476 e. The van der Waals surface area contributed by atoms with Gasteiger partial charge in [0.25, 0.3) is 10.0 Å². The van der Waals surface area contributed by atoms with Crippen LogP contribution < -0.4 is 14.4 Å². The molecule has 2 aromatic heterocycles. The molecule has 1 amide bonds. The third kappa shape index (κ3) is 4.59. The van der Waals surface area contributed by atoms with E-state index >= 15 is 0 Å². The normalized spacial score (nSPS) is 19.7. The number of pyridine rings is 2. The fraction of sp³-hybridized carbons (Fsp3) is 0.344. The van der Waals surface area contributed by atoms with Gasteiger partial charge in [0.15, 0.2) is 0 Å². The number of piperidine rings is 1. The summed E-state index contributed by atoms with van der Waals surface area (Å²) in [5.41, 5.74) is 4.12. The van der Waals surface area contributed by atoms with Crippen LogP contribution in [0.2, 0.25) is 0 Å². The lowest BCUT2D eigenvalue weighted by atomic mass is 9.92. The van der Waals surface area contributed by atoms with E-state index in [1.54, 1.807) is 53.7 Å². The first kappa shape index (κ1) is 26.9. The highest BCUT2D eigenvalue weighted by Gasteiger charge is 2.59. The first-order chi connectivity index (χ1) is 20.2. The zero-order chi connectivity index (χ0) is 29.1. The van der Waals surface area contributed by atoms with Gasteiger partial charge in [-0.05, 0) is 75.2 Å². The number of nitrogens with zero attached hydrogens (tertiary/aromatic N) is 4. The van der Waals surface area contributed by atoms with Gasteiger partial charge in [-0.2, -0.15) is 0 Å². The highest BCUT2D eigenvalue weighted by molar-refractivity contribution is 7.92. The Labute approximate surface area is 245 Å². The number of anilines is 2. The molecule has 0 radical (unpaired) electrons. The van der Waals surface area contributed by atoms with Crippen molar-refractivity contribution < 1.29 is 17.9 Å². The molecule has 1 unspecified atom stereocenters. The molecule has 9 nitrogen and oxygen atoms in total. The van der Waals surface area contributed by atoms with Gasteiger partial charge in [-0.25, -0.2) is 13.4 Å². The number of likely N-dealkylation sites (tertiary alicyclic amines) is 1. The van der Waals surface area contributed by atoms with E-state index in [2.05, 4.69) is 26.6 Å². The number of likely N-dealkylation sites (N-methyl/N-ethyl adjacent to an activating group) is 1. The molecular formula is C32H33N5O4S. The number of benzene rings is 2. The monoisotopic (exact) mass is 583 g/mol. The molecule has 2 aliphatic heterocycles. The lowest BCUT2D eigenvalue weighted by molar-refractivity contribution is -0.119. The van der Waals surface area contributed by atoms with Crippen LogP contribution in [0.25, 0.3) is 22.0 Å². The first-order valence-electron chi connectivity index (χ1n) is 14.4. The lowest BCUT2D eigenvalue weighted by Crippen LogP contribution is -2.34. The number of fused-ring (bicyclic) bond motifs is 4. The molecule has 0 bridgehead atoms. The van der Waals surface area contributed by atoms with E-state index < -0.39 is 15.4 Å². The molecule has 7 rings (SSSR count). The van der Waals surface area contributed by atoms with Gasteiger partial charge in [0.05, 0.1) is 34.3 Å². The second kappa shape index (κ2) is 10.1. The molecule has 10 heteroatoms. The maximum Gasteiger partial charge on any atom is 0.262 e. The third-order valence-corrected chi connectivity index (χ3v) is 10.2. The molecule has 1 saturated carbocycles. The molecule has 4 aromatic rings. The fourth-order valence-corrected chi connectivity index (χ4v) is 7.52. The summed E-state index contributed by atoms with van der Waals surface area (Å²) < 4.78 is 35.6. The summed E-state index contributed by atoms with van der Waals surface area (Å²) in [5.74, 6) is 0.718. The Morgan fingerprint density at radius 3 is 2.60 bits per heavy atom. The zero-order valence-corrected chi connectivity index (χ0v) is 24.5. The molecule has 1 aliphatic carbocycles. The quantitative estimate of drug-likeness (QED) is 0.332. The number of aromatic nitrogens is 2. The summed E-state index contributed by atoms with van der Waals surface area (Å²) in [4.78, 5) is 26.5. The number of ether oxygens (including phenoxy) is 1. The van der Waals surface area contributed by atoms with Gasteiger partial charge < -0.3 is 14.5 Å². The van der Waals surface area contributed by atoms with E-state index in [0.717, 1.165) is 72.1 Å². The SMILES string of the molecule is CN1CCCC(COc2ncc(-c3ccc4ncc5c(c4c3)C3(CC3)C(=O)N5C)cc2NS(=O)(=O)c2ccccc2)C1. The van der Waals surface area contributed by atoms with Crippen molar-refractivity contribution in [1.82, 2.24) is 14.9 Å². The zero-order valence-electron chi connectivity index (χ0n) is 23.7. The van der Waals surface area contributed by atoms with Crippen molar-refractivity contribution in [3.63, 3.8) is 0 Å². The van der Waals surface area contributed by atoms with Crippen LogP contribution in [0.15, 0.2) is 71.9 Å². The van der Waals surface area contributed by atoms with E-state index in [-0.39, 0.29) is 22.4 Å². The van der Waals surface area contributed by atoms with Gasteiger partial charge in [-0.1, -0.05) is 24.3 Å². The van der Waals surface area contributed by atoms with Gasteiger partial charge in [0.1, 0.15) is 5.69 Å². The second-order valence-corrected chi connectivity index (χ2v) is 13.5. The van der Waals surface area contributed by atoms with Crippen molar-refractivity contribution in [2.24, 2.45) is 5.92 Å². The van der Waals surface area contributed by atoms with Crippen molar-refractivity contribution in [2.75, 3.05) is 43.4 Å². The maximum absolute atomic E-state index is 13.3. The van der Waals surface area contributed by atoms with Gasteiger partial charge in [0, 0.05) is 42.2 Å². The first-order valence-corrected chi connectivity index (χ1v) is 15.8. The van der Waals surface area contributed by atoms with Crippen LogP contribution in [0, 0.1) is 5.92 Å². The molecule has 216 valence electrons. The predicted octanol–water partition coefficient (Wildman–Crippen LogP) is 4.83. The van der Waals surface area contributed by atoms with Crippen molar-refractivity contribution >= 4 is 38.2 Å². The molecule has 1 atom stereocenters. The highest BCUT2D eigenvalue weighted by Crippen LogP contribution is 2.58. The number of carbonyl (C=O) groups is 1. The summed E-state index contributed by atoms with van der Waals surface area (Å²) in [6, 6.07) is 16.0. The average Bonchev–Trinajstić information content (AvgIpc) is 3.77. The molecule has 2 fully saturated rings. The van der Waals surface area contributed by atoms with E-state index in [0.29, 0.717) is 12.5 Å². The van der Waals surface area contributed by atoms with Gasteiger partial charge in [-0.15, -0.1) is 0 Å². The molecular weight excluding hydrogens is 550 g/mol. The van der Waals surface area contributed by atoms with Crippen LogP contribution in [0.5, 0.6) is 5.88 Å². The van der Waals surface area contributed by atoms with Crippen LogP contribution in [0.1, 0.15) is 31.2 Å². The summed E-state index contributed by atoms with van der Waals surface area (Å²) >= 11 is 0. The number of hydrogen-bond donors (Lipinski definition) is 1. The number of amides is 1. The van der Waals surface area contributed by atoms with Gasteiger partial charge in [0.2, 0.25) is 11.8 Å². The third-order valence-electron chi connectivity index (χ3n) is 8.81. The van der Waals surface area contributed by atoms with Crippen molar-refractivity contribution in [2.45, 2.75) is 36.0 Å². The van der Waals surface area contributed by atoms with Crippen molar-refractivity contribution in [3.05, 3.63) is 72.6 Å². The Hall–Kier alpha value is -4.02. The molecule has 1 N–H and O–H groups in total. The minimum absolute atomic E-state index is 0.127. The maximum atomic E-state index is 13.3. The summed E-state index contributed by atoms with van der Waals surface area (Å²) in [6.45, 7) is 2.45. The van der Waals surface area contributed by atoms with Crippen LogP contribution in [-0.4, -0.2) is 63.0 Å². The molecule has 1 spiro atoms. The summed E-state index contributed by atoms with van der Waals surface area (Å²) in [5, 5.41) is 0.938. The average molecular weight is 584 g/mol.